The highest BCUT2D eigenvalue weighted by molar-refractivity contribution is 5.92. The van der Waals surface area contributed by atoms with Crippen molar-refractivity contribution in [3.8, 4) is 11.3 Å². The Balaban J connectivity index is 1.51. The van der Waals surface area contributed by atoms with Crippen molar-refractivity contribution in [2.75, 3.05) is 32.8 Å². The molecule has 1 fully saturated rings. The maximum Gasteiger partial charge on any atom is 0.287 e. The molecule has 1 saturated heterocycles. The molecule has 1 amide bonds. The number of halogens is 1. The average Bonchev–Trinajstić information content (AvgIpc) is 3.25. The van der Waals surface area contributed by atoms with E-state index in [-0.39, 0.29) is 23.5 Å². The fraction of sp³-hybridized carbons (Fsp3) is 0.261. The molecule has 2 aromatic carbocycles. The van der Waals surface area contributed by atoms with Gasteiger partial charge in [0.15, 0.2) is 5.76 Å². The molecule has 3 aromatic rings. The molecule has 1 aliphatic heterocycles. The number of carbonyl (C=O) groups excluding carboxylic acids is 1. The topological polar surface area (TPSA) is 54.7 Å². The van der Waals surface area contributed by atoms with E-state index >= 15 is 0 Å². The van der Waals surface area contributed by atoms with Crippen LogP contribution in [0, 0.1) is 5.82 Å². The first kappa shape index (κ1) is 19.4. The number of hydrogen-bond donors (Lipinski definition) is 1. The third-order valence-corrected chi connectivity index (χ3v) is 5.02. The smallest absolute Gasteiger partial charge is 0.287 e. The van der Waals surface area contributed by atoms with E-state index in [1.165, 1.54) is 6.07 Å². The van der Waals surface area contributed by atoms with Gasteiger partial charge >= 0.3 is 0 Å². The zero-order valence-electron chi connectivity index (χ0n) is 16.0. The van der Waals surface area contributed by atoms with E-state index in [1.807, 2.05) is 30.3 Å². The maximum absolute atomic E-state index is 14.0. The average molecular weight is 394 g/mol. The van der Waals surface area contributed by atoms with Crippen molar-refractivity contribution >= 4 is 5.91 Å². The van der Waals surface area contributed by atoms with Crippen molar-refractivity contribution in [1.82, 2.24) is 10.2 Å². The van der Waals surface area contributed by atoms with Crippen LogP contribution in [0.2, 0.25) is 0 Å². The summed E-state index contributed by atoms with van der Waals surface area (Å²) < 4.78 is 25.1. The zero-order chi connectivity index (χ0) is 20.1. The van der Waals surface area contributed by atoms with E-state index in [1.54, 1.807) is 30.3 Å². The molecule has 1 aromatic heterocycles. The van der Waals surface area contributed by atoms with E-state index < -0.39 is 0 Å². The second-order valence-electron chi connectivity index (χ2n) is 6.99. The lowest BCUT2D eigenvalue weighted by molar-refractivity contribution is 0.0331. The second kappa shape index (κ2) is 9.03. The summed E-state index contributed by atoms with van der Waals surface area (Å²) in [6.45, 7) is 3.73. The minimum atomic E-state index is -0.386. The van der Waals surface area contributed by atoms with Crippen molar-refractivity contribution < 1.29 is 18.3 Å². The summed E-state index contributed by atoms with van der Waals surface area (Å²) in [6, 6.07) is 19.2. The number of morpholine rings is 1. The van der Waals surface area contributed by atoms with Crippen LogP contribution in [0.4, 0.5) is 4.39 Å². The fourth-order valence-corrected chi connectivity index (χ4v) is 3.46. The monoisotopic (exact) mass is 394 g/mol. The molecule has 0 spiro atoms. The van der Waals surface area contributed by atoms with Crippen LogP contribution in [0.1, 0.15) is 22.2 Å². The van der Waals surface area contributed by atoms with Gasteiger partial charge in [-0.1, -0.05) is 42.5 Å². The number of carbonyl (C=O) groups is 1. The van der Waals surface area contributed by atoms with Crippen LogP contribution in [0.3, 0.4) is 0 Å². The fourth-order valence-electron chi connectivity index (χ4n) is 3.46. The number of ether oxygens (including phenoxy) is 1. The van der Waals surface area contributed by atoms with Gasteiger partial charge in [-0.05, 0) is 29.8 Å². The number of rotatable bonds is 6. The standard InChI is InChI=1S/C23H23FN2O3/c24-19-9-5-4-8-18(19)21-10-11-22(29-21)23(27)25-20(17-6-2-1-3-7-17)16-26-12-14-28-15-13-26/h1-11,20H,12-16H2,(H,25,27)/t20-/m1/s1. The minimum Gasteiger partial charge on any atom is -0.451 e. The van der Waals surface area contributed by atoms with Gasteiger partial charge in [-0.25, -0.2) is 4.39 Å². The molecular weight excluding hydrogens is 371 g/mol. The Morgan fingerprint density at radius 2 is 1.72 bits per heavy atom. The summed E-state index contributed by atoms with van der Waals surface area (Å²) in [5.74, 6) is -0.221. The van der Waals surface area contributed by atoms with E-state index in [4.69, 9.17) is 9.15 Å². The Kier molecular flexibility index (Phi) is 6.03. The van der Waals surface area contributed by atoms with Crippen LogP contribution in [-0.2, 0) is 4.74 Å². The highest BCUT2D eigenvalue weighted by Crippen LogP contribution is 2.25. The molecular formula is C23H23FN2O3. The van der Waals surface area contributed by atoms with Gasteiger partial charge in [0, 0.05) is 19.6 Å². The maximum atomic E-state index is 14.0. The highest BCUT2D eigenvalue weighted by atomic mass is 19.1. The third-order valence-electron chi connectivity index (χ3n) is 5.02. The zero-order valence-corrected chi connectivity index (χ0v) is 16.0. The van der Waals surface area contributed by atoms with Crippen LogP contribution >= 0.6 is 0 Å². The number of hydrogen-bond acceptors (Lipinski definition) is 4. The van der Waals surface area contributed by atoms with Gasteiger partial charge in [-0.15, -0.1) is 0 Å². The molecule has 0 bridgehead atoms. The molecule has 1 atom stereocenters. The Bertz CT molecular complexity index is 952. The van der Waals surface area contributed by atoms with E-state index in [2.05, 4.69) is 10.2 Å². The van der Waals surface area contributed by atoms with Gasteiger partial charge in [-0.2, -0.15) is 0 Å². The molecule has 29 heavy (non-hydrogen) atoms. The number of amides is 1. The van der Waals surface area contributed by atoms with Crippen molar-refractivity contribution in [2.45, 2.75) is 6.04 Å². The molecule has 0 unspecified atom stereocenters. The molecule has 4 rings (SSSR count). The van der Waals surface area contributed by atoms with E-state index in [0.717, 1.165) is 18.7 Å². The quantitative estimate of drug-likeness (QED) is 0.689. The van der Waals surface area contributed by atoms with Crippen molar-refractivity contribution in [3.63, 3.8) is 0 Å². The number of nitrogens with zero attached hydrogens (tertiary/aromatic N) is 1. The van der Waals surface area contributed by atoms with Gasteiger partial charge in [0.05, 0.1) is 24.8 Å². The Morgan fingerprint density at radius 3 is 2.48 bits per heavy atom. The molecule has 0 aliphatic carbocycles. The van der Waals surface area contributed by atoms with Crippen molar-refractivity contribution in [2.24, 2.45) is 0 Å². The van der Waals surface area contributed by atoms with Crippen LogP contribution in [-0.4, -0.2) is 43.7 Å². The van der Waals surface area contributed by atoms with Crippen LogP contribution < -0.4 is 5.32 Å². The molecule has 5 nitrogen and oxygen atoms in total. The van der Waals surface area contributed by atoms with Crippen LogP contribution in [0.5, 0.6) is 0 Å². The van der Waals surface area contributed by atoms with E-state index in [0.29, 0.717) is 31.1 Å². The van der Waals surface area contributed by atoms with E-state index in [9.17, 15) is 9.18 Å². The Labute approximate surface area is 169 Å². The lowest BCUT2D eigenvalue weighted by Gasteiger charge is -2.31. The molecule has 0 radical (unpaired) electrons. The number of nitrogens with one attached hydrogen (secondary N) is 1. The second-order valence-corrected chi connectivity index (χ2v) is 6.99. The SMILES string of the molecule is O=C(N[C@H](CN1CCOCC1)c1ccccc1)c1ccc(-c2ccccc2F)o1. The van der Waals surface area contributed by atoms with Gasteiger partial charge < -0.3 is 14.5 Å². The largest absolute Gasteiger partial charge is 0.451 e. The van der Waals surface area contributed by atoms with Gasteiger partial charge in [-0.3, -0.25) is 9.69 Å². The number of furan rings is 1. The molecule has 6 heteroatoms. The summed E-state index contributed by atoms with van der Waals surface area (Å²) in [7, 11) is 0. The summed E-state index contributed by atoms with van der Waals surface area (Å²) in [5, 5.41) is 3.07. The first-order valence-corrected chi connectivity index (χ1v) is 9.71. The predicted molar refractivity (Wildman–Crippen MR) is 108 cm³/mol. The minimum absolute atomic E-state index is 0.158. The third kappa shape index (κ3) is 4.72. The molecule has 0 saturated carbocycles. The van der Waals surface area contributed by atoms with Crippen LogP contribution in [0.25, 0.3) is 11.3 Å². The lowest BCUT2D eigenvalue weighted by atomic mass is 10.1. The first-order chi connectivity index (χ1) is 14.2. The molecule has 150 valence electrons. The summed E-state index contributed by atoms with van der Waals surface area (Å²) in [5.41, 5.74) is 1.35. The molecule has 1 aliphatic rings. The van der Waals surface area contributed by atoms with Gasteiger partial charge in [0.1, 0.15) is 11.6 Å². The normalized spacial score (nSPS) is 15.8. The van der Waals surface area contributed by atoms with Crippen LogP contribution in [0.15, 0.2) is 71.1 Å². The Morgan fingerprint density at radius 1 is 1.00 bits per heavy atom. The first-order valence-electron chi connectivity index (χ1n) is 9.71. The predicted octanol–water partition coefficient (Wildman–Crippen LogP) is 3.89. The number of benzene rings is 2. The highest BCUT2D eigenvalue weighted by Gasteiger charge is 2.22. The van der Waals surface area contributed by atoms with Crippen molar-refractivity contribution in [1.29, 1.82) is 0 Å². The molecule has 2 heterocycles. The lowest BCUT2D eigenvalue weighted by Crippen LogP contribution is -2.43. The summed E-state index contributed by atoms with van der Waals surface area (Å²) >= 11 is 0. The molecule has 1 N–H and O–H groups in total. The van der Waals surface area contributed by atoms with Gasteiger partial charge in [0.2, 0.25) is 0 Å². The van der Waals surface area contributed by atoms with Crippen molar-refractivity contribution in [3.05, 3.63) is 83.9 Å². The summed E-state index contributed by atoms with van der Waals surface area (Å²) in [6.07, 6.45) is 0. The Hall–Kier alpha value is -2.96. The van der Waals surface area contributed by atoms with Gasteiger partial charge in [0.25, 0.3) is 5.91 Å². The summed E-state index contributed by atoms with van der Waals surface area (Å²) in [4.78, 5) is 15.1.